The van der Waals surface area contributed by atoms with Crippen molar-refractivity contribution in [1.82, 2.24) is 14.9 Å². The van der Waals surface area contributed by atoms with Crippen molar-refractivity contribution in [3.63, 3.8) is 0 Å². The average molecular weight is 484 g/mol. The molecule has 170 valence electrons. The summed E-state index contributed by atoms with van der Waals surface area (Å²) < 4.78 is 39.3. The zero-order valence-electron chi connectivity index (χ0n) is 17.9. The van der Waals surface area contributed by atoms with Gasteiger partial charge in [-0.15, -0.1) is 21.5 Å². The second-order valence-corrected chi connectivity index (χ2v) is 9.94. The van der Waals surface area contributed by atoms with Gasteiger partial charge < -0.3 is 9.15 Å². The Balaban J connectivity index is 1.47. The van der Waals surface area contributed by atoms with Gasteiger partial charge in [-0.1, -0.05) is 42.5 Å². The van der Waals surface area contributed by atoms with Gasteiger partial charge in [0.1, 0.15) is 0 Å². The molecule has 33 heavy (non-hydrogen) atoms. The average Bonchev–Trinajstić information content (AvgIpc) is 3.51. The van der Waals surface area contributed by atoms with Gasteiger partial charge >= 0.3 is 5.97 Å². The van der Waals surface area contributed by atoms with Crippen molar-refractivity contribution in [1.29, 1.82) is 0 Å². The van der Waals surface area contributed by atoms with Crippen molar-refractivity contribution < 1.29 is 22.4 Å². The maximum atomic E-state index is 12.9. The quantitative estimate of drug-likeness (QED) is 0.367. The van der Waals surface area contributed by atoms with E-state index in [0.29, 0.717) is 11.5 Å². The lowest BCUT2D eigenvalue weighted by molar-refractivity contribution is 0.0279. The lowest BCUT2D eigenvalue weighted by atomic mass is 10.1. The van der Waals surface area contributed by atoms with Gasteiger partial charge in [0.05, 0.1) is 15.3 Å². The van der Waals surface area contributed by atoms with Crippen LogP contribution in [-0.2, 0) is 21.3 Å². The van der Waals surface area contributed by atoms with Crippen molar-refractivity contribution in [2.45, 2.75) is 31.4 Å². The highest BCUT2D eigenvalue weighted by Gasteiger charge is 2.23. The van der Waals surface area contributed by atoms with Gasteiger partial charge in [0.2, 0.25) is 10.0 Å². The number of nitrogens with one attached hydrogen (secondary N) is 1. The van der Waals surface area contributed by atoms with Crippen LogP contribution in [0.1, 0.15) is 40.4 Å². The molecule has 0 saturated heterocycles. The predicted molar refractivity (Wildman–Crippen MR) is 123 cm³/mol. The first-order chi connectivity index (χ1) is 15.8. The Morgan fingerprint density at radius 2 is 1.91 bits per heavy atom. The topological polar surface area (TPSA) is 111 Å². The number of carbonyl (C=O) groups excluding carboxylic acids is 1. The molecule has 0 fully saturated rings. The Morgan fingerprint density at radius 3 is 2.64 bits per heavy atom. The van der Waals surface area contributed by atoms with Crippen molar-refractivity contribution in [3.8, 4) is 10.8 Å². The van der Waals surface area contributed by atoms with Crippen molar-refractivity contribution in [3.05, 3.63) is 88.6 Å². The molecule has 8 nitrogen and oxygen atoms in total. The van der Waals surface area contributed by atoms with E-state index in [1.165, 1.54) is 23.5 Å². The first-order valence-corrected chi connectivity index (χ1v) is 12.4. The van der Waals surface area contributed by atoms with Gasteiger partial charge in [0, 0.05) is 6.54 Å². The Labute approximate surface area is 195 Å². The molecule has 0 spiro atoms. The van der Waals surface area contributed by atoms with Crippen LogP contribution in [0.4, 0.5) is 0 Å². The molecule has 2 aromatic carbocycles. The molecule has 0 radical (unpaired) electrons. The summed E-state index contributed by atoms with van der Waals surface area (Å²) in [5.41, 5.74) is 1.44. The third-order valence-electron chi connectivity index (χ3n) is 4.83. The Kier molecular flexibility index (Phi) is 6.68. The second-order valence-electron chi connectivity index (χ2n) is 7.26. The molecule has 2 heterocycles. The number of hydrogen-bond donors (Lipinski definition) is 1. The van der Waals surface area contributed by atoms with Crippen LogP contribution in [0.3, 0.4) is 0 Å². The maximum Gasteiger partial charge on any atom is 0.338 e. The lowest BCUT2D eigenvalue weighted by Gasteiger charge is -2.13. The van der Waals surface area contributed by atoms with Gasteiger partial charge in [0.15, 0.2) is 6.10 Å². The number of ether oxygens (including phenoxy) is 1. The molecule has 1 unspecified atom stereocenters. The molecular weight excluding hydrogens is 462 g/mol. The minimum absolute atomic E-state index is 0.0123. The normalized spacial score (nSPS) is 12.4. The number of sulfonamides is 1. The highest BCUT2D eigenvalue weighted by molar-refractivity contribution is 7.89. The number of rotatable bonds is 8. The van der Waals surface area contributed by atoms with Crippen LogP contribution in [0.2, 0.25) is 0 Å². The van der Waals surface area contributed by atoms with Crippen LogP contribution in [-0.4, -0.2) is 24.6 Å². The lowest BCUT2D eigenvalue weighted by Crippen LogP contribution is -2.24. The number of benzene rings is 2. The van der Waals surface area contributed by atoms with Crippen LogP contribution in [0.25, 0.3) is 10.8 Å². The molecule has 1 N–H and O–H groups in total. The zero-order valence-corrected chi connectivity index (χ0v) is 19.5. The van der Waals surface area contributed by atoms with Gasteiger partial charge in [0.25, 0.3) is 11.8 Å². The van der Waals surface area contributed by atoms with Gasteiger partial charge in [-0.2, -0.15) is 0 Å². The van der Waals surface area contributed by atoms with E-state index in [0.717, 1.165) is 10.4 Å². The van der Waals surface area contributed by atoms with E-state index in [1.807, 2.05) is 47.8 Å². The van der Waals surface area contributed by atoms with E-state index in [1.54, 1.807) is 19.9 Å². The van der Waals surface area contributed by atoms with Crippen molar-refractivity contribution >= 4 is 27.3 Å². The molecule has 0 bridgehead atoms. The zero-order chi connectivity index (χ0) is 23.4. The summed E-state index contributed by atoms with van der Waals surface area (Å²) in [4.78, 5) is 13.5. The van der Waals surface area contributed by atoms with Gasteiger partial charge in [-0.05, 0) is 48.6 Å². The molecule has 1 atom stereocenters. The number of nitrogens with zero attached hydrogens (tertiary/aromatic N) is 2. The minimum Gasteiger partial charge on any atom is -0.449 e. The highest BCUT2D eigenvalue weighted by Crippen LogP contribution is 2.26. The number of hydrogen-bond acceptors (Lipinski definition) is 8. The van der Waals surface area contributed by atoms with Crippen molar-refractivity contribution in [2.24, 2.45) is 0 Å². The summed E-state index contributed by atoms with van der Waals surface area (Å²) in [6.45, 7) is 3.41. The van der Waals surface area contributed by atoms with Gasteiger partial charge in [-0.3, -0.25) is 0 Å². The SMILES string of the molecule is Cc1ccc(C(=O)OC(C)c2nnc(-c3cccs3)o2)cc1S(=O)(=O)NCc1ccccc1. The molecule has 0 aliphatic carbocycles. The smallest absolute Gasteiger partial charge is 0.338 e. The van der Waals surface area contributed by atoms with Crippen LogP contribution in [0.5, 0.6) is 0 Å². The number of thiophene rings is 1. The molecule has 10 heteroatoms. The number of esters is 1. The van der Waals surface area contributed by atoms with Crippen LogP contribution in [0, 0.1) is 6.92 Å². The minimum atomic E-state index is -3.85. The summed E-state index contributed by atoms with van der Waals surface area (Å²) in [6, 6.07) is 17.3. The summed E-state index contributed by atoms with van der Waals surface area (Å²) in [5.74, 6) is -0.203. The first kappa shape index (κ1) is 22.8. The molecule has 0 amide bonds. The van der Waals surface area contributed by atoms with E-state index in [-0.39, 0.29) is 22.9 Å². The highest BCUT2D eigenvalue weighted by atomic mass is 32.2. The van der Waals surface area contributed by atoms with Crippen LogP contribution in [0.15, 0.2) is 75.4 Å². The molecule has 4 rings (SSSR count). The molecule has 4 aromatic rings. The third kappa shape index (κ3) is 5.36. The standard InChI is InChI=1S/C23H21N3O5S2/c1-15-10-11-18(13-20(15)33(28,29)24-14-17-7-4-3-5-8-17)23(27)30-16(2)21-25-26-22(31-21)19-9-6-12-32-19/h3-13,16,24H,14H2,1-2H3. The fourth-order valence-corrected chi connectivity index (χ4v) is 4.98. The summed E-state index contributed by atoms with van der Waals surface area (Å²) >= 11 is 1.45. The fourth-order valence-electron chi connectivity index (χ4n) is 3.05. The Bertz CT molecular complexity index is 1350. The van der Waals surface area contributed by atoms with Gasteiger partial charge in [-0.25, -0.2) is 17.9 Å². The number of aromatic nitrogens is 2. The Hall–Kier alpha value is -3.34. The predicted octanol–water partition coefficient (Wildman–Crippen LogP) is 4.50. The largest absolute Gasteiger partial charge is 0.449 e. The van der Waals surface area contributed by atoms with Crippen molar-refractivity contribution in [2.75, 3.05) is 0 Å². The van der Waals surface area contributed by atoms with E-state index in [9.17, 15) is 13.2 Å². The first-order valence-electron chi connectivity index (χ1n) is 10.1. The maximum absolute atomic E-state index is 12.9. The summed E-state index contributed by atoms with van der Waals surface area (Å²) in [6.07, 6.45) is -0.809. The van der Waals surface area contributed by atoms with Crippen LogP contribution >= 0.6 is 11.3 Å². The molecule has 0 aliphatic heterocycles. The molecule has 0 saturated carbocycles. The summed E-state index contributed by atoms with van der Waals surface area (Å²) in [7, 11) is -3.85. The Morgan fingerprint density at radius 1 is 1.12 bits per heavy atom. The molecule has 0 aliphatic rings. The number of carbonyl (C=O) groups is 1. The number of aryl methyl sites for hydroxylation is 1. The van der Waals surface area contributed by atoms with E-state index in [4.69, 9.17) is 9.15 Å². The fraction of sp³-hybridized carbons (Fsp3) is 0.174. The second kappa shape index (κ2) is 9.65. The van der Waals surface area contributed by atoms with E-state index in [2.05, 4.69) is 14.9 Å². The third-order valence-corrected chi connectivity index (χ3v) is 7.23. The molecule has 2 aromatic heterocycles. The molecular formula is C23H21N3O5S2. The monoisotopic (exact) mass is 483 g/mol. The van der Waals surface area contributed by atoms with E-state index < -0.39 is 22.1 Å². The van der Waals surface area contributed by atoms with Crippen LogP contribution < -0.4 is 4.72 Å². The summed E-state index contributed by atoms with van der Waals surface area (Å²) in [5, 5.41) is 9.82. The van der Waals surface area contributed by atoms with E-state index >= 15 is 0 Å².